The monoisotopic (exact) mass is 1150 g/mol. The number of allylic oxidation sites excluding steroid dienone is 9. The quantitative estimate of drug-likeness (QED) is 0.0320. The third-order valence-electron chi connectivity index (χ3n) is 16.7. The predicted molar refractivity (Wildman–Crippen MR) is 361 cm³/mol. The first-order valence-electron chi connectivity index (χ1n) is 36.6. The van der Waals surface area contributed by atoms with Gasteiger partial charge < -0.3 is 20.3 Å². The van der Waals surface area contributed by atoms with Gasteiger partial charge in [-0.1, -0.05) is 344 Å². The number of hydrogen-bond acceptors (Lipinski definition) is 5. The Kier molecular flexibility index (Phi) is 68.9. The molecule has 0 radical (unpaired) electrons. The Morgan fingerprint density at radius 1 is 0.341 bits per heavy atom. The van der Waals surface area contributed by atoms with Gasteiger partial charge in [-0.15, -0.1) is 0 Å². The van der Waals surface area contributed by atoms with E-state index in [1.54, 1.807) is 6.08 Å². The minimum atomic E-state index is -0.844. The van der Waals surface area contributed by atoms with E-state index in [2.05, 4.69) is 67.8 Å². The lowest BCUT2D eigenvalue weighted by atomic mass is 10.0. The molecule has 0 aromatic carbocycles. The van der Waals surface area contributed by atoms with Gasteiger partial charge in [0.15, 0.2) is 0 Å². The van der Waals surface area contributed by atoms with E-state index in [0.29, 0.717) is 19.4 Å². The molecule has 6 heteroatoms. The van der Waals surface area contributed by atoms with Gasteiger partial charge in [0.25, 0.3) is 0 Å². The van der Waals surface area contributed by atoms with Gasteiger partial charge in [-0.2, -0.15) is 0 Å². The molecule has 0 aliphatic carbocycles. The van der Waals surface area contributed by atoms with Crippen LogP contribution in [0.5, 0.6) is 0 Å². The number of aliphatic hydroxyl groups excluding tert-OH is 2. The van der Waals surface area contributed by atoms with Crippen LogP contribution in [0.2, 0.25) is 0 Å². The zero-order valence-corrected chi connectivity index (χ0v) is 55.0. The lowest BCUT2D eigenvalue weighted by Gasteiger charge is -2.20. The number of carbonyl (C=O) groups excluding carboxylic acids is 2. The van der Waals surface area contributed by atoms with Crippen LogP contribution in [-0.2, 0) is 14.3 Å². The van der Waals surface area contributed by atoms with Crippen molar-refractivity contribution in [2.24, 2.45) is 0 Å². The summed E-state index contributed by atoms with van der Waals surface area (Å²) in [6.07, 6.45) is 94.6. The number of carbonyl (C=O) groups is 2. The van der Waals surface area contributed by atoms with E-state index in [0.717, 1.165) is 57.8 Å². The summed E-state index contributed by atoms with van der Waals surface area (Å²) in [6, 6.07) is -0.627. The van der Waals surface area contributed by atoms with Gasteiger partial charge in [0.05, 0.1) is 25.4 Å². The molecular formula is C76H141NO5. The van der Waals surface area contributed by atoms with E-state index in [1.165, 1.54) is 302 Å². The fraction of sp³-hybridized carbons (Fsp3) is 0.842. The molecule has 0 heterocycles. The second-order valence-corrected chi connectivity index (χ2v) is 24.9. The van der Waals surface area contributed by atoms with Gasteiger partial charge in [0, 0.05) is 12.8 Å². The zero-order chi connectivity index (χ0) is 59.2. The second-order valence-electron chi connectivity index (χ2n) is 24.9. The van der Waals surface area contributed by atoms with Crippen molar-refractivity contribution in [3.8, 4) is 0 Å². The molecule has 2 atom stereocenters. The molecule has 0 aliphatic rings. The van der Waals surface area contributed by atoms with Crippen LogP contribution in [0.4, 0.5) is 0 Å². The Morgan fingerprint density at radius 2 is 0.634 bits per heavy atom. The summed E-state index contributed by atoms with van der Waals surface area (Å²) in [5.74, 6) is -0.0624. The summed E-state index contributed by atoms with van der Waals surface area (Å²) in [5.41, 5.74) is 0. The number of rotatable bonds is 68. The van der Waals surface area contributed by atoms with Gasteiger partial charge >= 0.3 is 5.97 Å². The van der Waals surface area contributed by atoms with Crippen LogP contribution in [0.25, 0.3) is 0 Å². The Balaban J connectivity index is 3.40. The first kappa shape index (κ1) is 79.6. The SMILES string of the molecule is CCC/C=C\C/C=C\CCCCCCCC(=O)OCCCCCCCCCCCCC/C=C\C/C=C\CCCCCCCCCCCCCCCCCCCC(=O)NC(CO)C(O)/C=C/CCCCCCCCCCCCCCCCC. The molecule has 3 N–H and O–H groups in total. The highest BCUT2D eigenvalue weighted by atomic mass is 16.5. The van der Waals surface area contributed by atoms with Crippen LogP contribution < -0.4 is 5.32 Å². The van der Waals surface area contributed by atoms with Gasteiger partial charge in [-0.05, 0) is 89.9 Å². The minimum Gasteiger partial charge on any atom is -0.466 e. The Morgan fingerprint density at radius 3 is 0.976 bits per heavy atom. The molecule has 0 aromatic rings. The van der Waals surface area contributed by atoms with Crippen molar-refractivity contribution in [1.82, 2.24) is 5.32 Å². The molecule has 480 valence electrons. The molecule has 0 fully saturated rings. The maximum absolute atomic E-state index is 12.5. The molecule has 0 rings (SSSR count). The molecule has 0 aliphatic heterocycles. The van der Waals surface area contributed by atoms with Crippen molar-refractivity contribution in [3.63, 3.8) is 0 Å². The number of esters is 1. The highest BCUT2D eigenvalue weighted by molar-refractivity contribution is 5.76. The topological polar surface area (TPSA) is 95.9 Å². The largest absolute Gasteiger partial charge is 0.466 e. The predicted octanol–water partition coefficient (Wildman–Crippen LogP) is 23.8. The summed E-state index contributed by atoms with van der Waals surface area (Å²) < 4.78 is 5.47. The zero-order valence-electron chi connectivity index (χ0n) is 55.0. The first-order chi connectivity index (χ1) is 40.5. The van der Waals surface area contributed by atoms with E-state index in [4.69, 9.17) is 4.74 Å². The summed E-state index contributed by atoms with van der Waals surface area (Å²) in [6.45, 7) is 4.86. The second kappa shape index (κ2) is 71.0. The van der Waals surface area contributed by atoms with Crippen molar-refractivity contribution in [2.45, 2.75) is 398 Å². The van der Waals surface area contributed by atoms with E-state index < -0.39 is 12.1 Å². The standard InChI is InChI=1S/C76H141NO5/c1-3-5-7-9-11-13-15-17-18-38-41-45-48-52-56-60-64-68-74(79)73(72-78)77-75(80)69-65-61-57-53-49-46-42-39-36-34-32-30-28-26-24-22-20-19-21-23-25-27-29-31-33-35-37-40-43-47-51-55-59-63-67-71-82-76(81)70-66-62-58-54-50-44-16-14-12-10-8-6-4-2/h8,10,14,16,21,23,27,29,64,68,73-74,78-79H,3-7,9,11-13,15,17-20,22,24-26,28,30-63,65-67,69-72H2,1-2H3,(H,77,80)/b10-8-,16-14-,23-21-,29-27-,68-64+. The van der Waals surface area contributed by atoms with E-state index in [9.17, 15) is 19.8 Å². The minimum absolute atomic E-state index is 0.000963. The van der Waals surface area contributed by atoms with E-state index >= 15 is 0 Å². The van der Waals surface area contributed by atoms with Crippen molar-refractivity contribution in [3.05, 3.63) is 60.8 Å². The normalized spacial score (nSPS) is 12.9. The number of nitrogens with one attached hydrogen (secondary N) is 1. The molecule has 0 spiro atoms. The highest BCUT2D eigenvalue weighted by Crippen LogP contribution is 2.18. The van der Waals surface area contributed by atoms with Crippen molar-refractivity contribution >= 4 is 11.9 Å². The molecule has 0 saturated carbocycles. The maximum Gasteiger partial charge on any atom is 0.305 e. The summed E-state index contributed by atoms with van der Waals surface area (Å²) in [5, 5.41) is 23.2. The molecule has 2 unspecified atom stereocenters. The average molecular weight is 1150 g/mol. The van der Waals surface area contributed by atoms with Crippen LogP contribution in [0.1, 0.15) is 386 Å². The Hall–Kier alpha value is -2.44. The molecule has 1 amide bonds. The van der Waals surface area contributed by atoms with Crippen molar-refractivity contribution in [1.29, 1.82) is 0 Å². The molecule has 6 nitrogen and oxygen atoms in total. The number of amides is 1. The third-order valence-corrected chi connectivity index (χ3v) is 16.7. The first-order valence-corrected chi connectivity index (χ1v) is 36.6. The fourth-order valence-corrected chi connectivity index (χ4v) is 11.2. The van der Waals surface area contributed by atoms with Gasteiger partial charge in [-0.25, -0.2) is 0 Å². The third kappa shape index (κ3) is 66.7. The van der Waals surface area contributed by atoms with Crippen LogP contribution in [0.3, 0.4) is 0 Å². The maximum atomic E-state index is 12.5. The smallest absolute Gasteiger partial charge is 0.305 e. The molecule has 82 heavy (non-hydrogen) atoms. The number of aliphatic hydroxyl groups is 2. The summed E-state index contributed by atoms with van der Waals surface area (Å²) in [4.78, 5) is 24.5. The van der Waals surface area contributed by atoms with Crippen molar-refractivity contribution in [2.75, 3.05) is 13.2 Å². The van der Waals surface area contributed by atoms with Crippen molar-refractivity contribution < 1.29 is 24.5 Å². The number of ether oxygens (including phenoxy) is 1. The lowest BCUT2D eigenvalue weighted by molar-refractivity contribution is -0.143. The van der Waals surface area contributed by atoms with Crippen LogP contribution in [0.15, 0.2) is 60.8 Å². The van der Waals surface area contributed by atoms with Crippen LogP contribution in [-0.4, -0.2) is 47.4 Å². The molecule has 0 aromatic heterocycles. The fourth-order valence-electron chi connectivity index (χ4n) is 11.2. The highest BCUT2D eigenvalue weighted by Gasteiger charge is 2.18. The number of hydrogen-bond donors (Lipinski definition) is 3. The van der Waals surface area contributed by atoms with Gasteiger partial charge in [-0.3, -0.25) is 9.59 Å². The Labute approximate surface area is 511 Å². The average Bonchev–Trinajstić information content (AvgIpc) is 3.48. The molecular weight excluding hydrogens is 1010 g/mol. The number of unbranched alkanes of at least 4 members (excludes halogenated alkanes) is 49. The van der Waals surface area contributed by atoms with E-state index in [-0.39, 0.29) is 18.5 Å². The Bertz CT molecular complexity index is 1420. The molecule has 0 bridgehead atoms. The summed E-state index contributed by atoms with van der Waals surface area (Å²) >= 11 is 0. The van der Waals surface area contributed by atoms with Gasteiger partial charge in [0.2, 0.25) is 5.91 Å². The van der Waals surface area contributed by atoms with Crippen LogP contribution >= 0.6 is 0 Å². The lowest BCUT2D eigenvalue weighted by Crippen LogP contribution is -2.45. The van der Waals surface area contributed by atoms with Crippen LogP contribution in [0, 0.1) is 0 Å². The summed E-state index contributed by atoms with van der Waals surface area (Å²) in [7, 11) is 0. The van der Waals surface area contributed by atoms with Gasteiger partial charge in [0.1, 0.15) is 0 Å². The van der Waals surface area contributed by atoms with E-state index in [1.807, 2.05) is 6.08 Å². The molecule has 0 saturated heterocycles.